The third-order valence-corrected chi connectivity index (χ3v) is 2.37. The number of nitrogens with one attached hydrogen (secondary N) is 1. The van der Waals surface area contributed by atoms with Gasteiger partial charge in [-0.15, -0.1) is 11.6 Å². The van der Waals surface area contributed by atoms with Crippen LogP contribution < -0.4 is 5.32 Å². The summed E-state index contributed by atoms with van der Waals surface area (Å²) in [4.78, 5) is 11.6. The van der Waals surface area contributed by atoms with Gasteiger partial charge >= 0.3 is 0 Å². The van der Waals surface area contributed by atoms with E-state index in [-0.39, 0.29) is 5.91 Å². The molecule has 0 radical (unpaired) electrons. The lowest BCUT2D eigenvalue weighted by Crippen LogP contribution is -2.24. The third kappa shape index (κ3) is 3.92. The van der Waals surface area contributed by atoms with Crippen LogP contribution in [0.1, 0.15) is 28.8 Å². The average Bonchev–Trinajstić information content (AvgIpc) is 2.34. The highest BCUT2D eigenvalue weighted by Gasteiger charge is 2.04. The minimum Gasteiger partial charge on any atom is -0.352 e. The third-order valence-electron chi connectivity index (χ3n) is 2.10. The van der Waals surface area contributed by atoms with Crippen LogP contribution in [0.5, 0.6) is 0 Å². The van der Waals surface area contributed by atoms with Gasteiger partial charge in [-0.25, -0.2) is 0 Å². The number of benzene rings is 1. The van der Waals surface area contributed by atoms with Crippen LogP contribution in [0.15, 0.2) is 24.3 Å². The number of amides is 1. The Kier molecular flexibility index (Phi) is 5.38. The molecule has 0 heterocycles. The zero-order chi connectivity index (χ0) is 11.8. The van der Waals surface area contributed by atoms with E-state index in [2.05, 4.69) is 5.32 Å². The van der Waals surface area contributed by atoms with Crippen molar-refractivity contribution in [2.45, 2.75) is 12.8 Å². The summed E-state index contributed by atoms with van der Waals surface area (Å²) in [6, 6.07) is 8.65. The zero-order valence-corrected chi connectivity index (χ0v) is 9.63. The molecule has 1 N–H and O–H groups in total. The van der Waals surface area contributed by atoms with Crippen molar-refractivity contribution >= 4 is 17.5 Å². The Morgan fingerprint density at radius 2 is 2.25 bits per heavy atom. The van der Waals surface area contributed by atoms with E-state index < -0.39 is 0 Å². The van der Waals surface area contributed by atoms with Crippen molar-refractivity contribution in [3.8, 4) is 6.07 Å². The second-order valence-corrected chi connectivity index (χ2v) is 3.72. The molecule has 4 heteroatoms. The Bertz CT molecular complexity index is 398. The molecule has 0 aromatic heterocycles. The fourth-order valence-electron chi connectivity index (χ4n) is 1.25. The first-order chi connectivity index (χ1) is 7.77. The topological polar surface area (TPSA) is 52.9 Å². The summed E-state index contributed by atoms with van der Waals surface area (Å²) < 4.78 is 0. The maximum Gasteiger partial charge on any atom is 0.251 e. The fraction of sp³-hybridized carbons (Fsp3) is 0.333. The van der Waals surface area contributed by atoms with Gasteiger partial charge in [0.05, 0.1) is 11.6 Å². The summed E-state index contributed by atoms with van der Waals surface area (Å²) in [5.74, 6) is 0.464. The lowest BCUT2D eigenvalue weighted by molar-refractivity contribution is 0.0953. The average molecular weight is 237 g/mol. The van der Waals surface area contributed by atoms with E-state index in [0.717, 1.165) is 12.8 Å². The molecule has 1 amide bonds. The van der Waals surface area contributed by atoms with Crippen molar-refractivity contribution in [2.75, 3.05) is 12.4 Å². The number of nitriles is 1. The maximum atomic E-state index is 11.6. The minimum atomic E-state index is -0.147. The number of unbranched alkanes of at least 4 members (excludes halogenated alkanes) is 1. The quantitative estimate of drug-likeness (QED) is 0.630. The molecule has 0 saturated heterocycles. The zero-order valence-electron chi connectivity index (χ0n) is 8.87. The second-order valence-electron chi connectivity index (χ2n) is 3.34. The van der Waals surface area contributed by atoms with E-state index in [1.54, 1.807) is 24.3 Å². The van der Waals surface area contributed by atoms with Gasteiger partial charge in [0.25, 0.3) is 5.91 Å². The van der Waals surface area contributed by atoms with E-state index in [9.17, 15) is 4.79 Å². The molecular formula is C12H13ClN2O. The normalized spacial score (nSPS) is 9.50. The molecule has 0 aliphatic rings. The number of carbonyl (C=O) groups excluding carboxylic acids is 1. The first kappa shape index (κ1) is 12.5. The van der Waals surface area contributed by atoms with Gasteiger partial charge in [-0.1, -0.05) is 6.07 Å². The van der Waals surface area contributed by atoms with Gasteiger partial charge in [0.2, 0.25) is 0 Å². The van der Waals surface area contributed by atoms with Crippen molar-refractivity contribution in [3.05, 3.63) is 35.4 Å². The second kappa shape index (κ2) is 6.86. The molecule has 3 nitrogen and oxygen atoms in total. The van der Waals surface area contributed by atoms with Gasteiger partial charge in [0, 0.05) is 18.0 Å². The van der Waals surface area contributed by atoms with Crippen LogP contribution in [-0.4, -0.2) is 18.3 Å². The molecule has 0 bridgehead atoms. The molecule has 16 heavy (non-hydrogen) atoms. The van der Waals surface area contributed by atoms with Crippen LogP contribution in [0.25, 0.3) is 0 Å². The molecule has 0 unspecified atom stereocenters. The summed E-state index contributed by atoms with van der Waals surface area (Å²) in [5, 5.41) is 11.5. The molecule has 0 atom stereocenters. The summed E-state index contributed by atoms with van der Waals surface area (Å²) >= 11 is 5.52. The van der Waals surface area contributed by atoms with Gasteiger partial charge in [-0.2, -0.15) is 5.26 Å². The number of hydrogen-bond donors (Lipinski definition) is 1. The molecule has 0 aliphatic heterocycles. The standard InChI is InChI=1S/C12H13ClN2O/c13-6-1-2-7-15-12(16)11-5-3-4-10(8-11)9-14/h3-5,8H,1-2,6-7H2,(H,15,16). The summed E-state index contributed by atoms with van der Waals surface area (Å²) in [7, 11) is 0. The first-order valence-electron chi connectivity index (χ1n) is 5.12. The van der Waals surface area contributed by atoms with Gasteiger partial charge in [-0.3, -0.25) is 4.79 Å². The summed E-state index contributed by atoms with van der Waals surface area (Å²) in [6.45, 7) is 0.613. The Hall–Kier alpha value is -1.53. The van der Waals surface area contributed by atoms with Crippen molar-refractivity contribution in [2.24, 2.45) is 0 Å². The van der Waals surface area contributed by atoms with E-state index in [4.69, 9.17) is 16.9 Å². The molecule has 0 saturated carbocycles. The van der Waals surface area contributed by atoms with Gasteiger partial charge in [0.1, 0.15) is 0 Å². The Balaban J connectivity index is 2.50. The summed E-state index contributed by atoms with van der Waals surface area (Å²) in [5.41, 5.74) is 1.01. The molecule has 1 aromatic rings. The number of carbonyl (C=O) groups is 1. The molecule has 84 valence electrons. The van der Waals surface area contributed by atoms with Gasteiger partial charge < -0.3 is 5.32 Å². The predicted molar refractivity (Wildman–Crippen MR) is 63.4 cm³/mol. The lowest BCUT2D eigenvalue weighted by Gasteiger charge is -2.04. The number of halogens is 1. The van der Waals surface area contributed by atoms with E-state index in [1.165, 1.54) is 0 Å². The molecule has 0 fully saturated rings. The molecule has 0 aliphatic carbocycles. The van der Waals surface area contributed by atoms with E-state index in [0.29, 0.717) is 23.6 Å². The first-order valence-corrected chi connectivity index (χ1v) is 5.65. The Labute approximate surface area is 100 Å². The largest absolute Gasteiger partial charge is 0.352 e. The lowest BCUT2D eigenvalue weighted by atomic mass is 10.1. The molecular weight excluding hydrogens is 224 g/mol. The molecule has 0 spiro atoms. The predicted octanol–water partition coefficient (Wildman–Crippen LogP) is 2.31. The minimum absolute atomic E-state index is 0.147. The molecule has 1 aromatic carbocycles. The van der Waals surface area contributed by atoms with Crippen molar-refractivity contribution in [3.63, 3.8) is 0 Å². The van der Waals surface area contributed by atoms with Crippen molar-refractivity contribution in [1.29, 1.82) is 5.26 Å². The van der Waals surface area contributed by atoms with Crippen molar-refractivity contribution in [1.82, 2.24) is 5.32 Å². The highest BCUT2D eigenvalue weighted by atomic mass is 35.5. The Morgan fingerprint density at radius 1 is 1.44 bits per heavy atom. The van der Waals surface area contributed by atoms with E-state index in [1.807, 2.05) is 6.07 Å². The fourth-order valence-corrected chi connectivity index (χ4v) is 1.44. The number of alkyl halides is 1. The summed E-state index contributed by atoms with van der Waals surface area (Å²) in [6.07, 6.45) is 1.76. The van der Waals surface area contributed by atoms with Crippen LogP contribution in [-0.2, 0) is 0 Å². The monoisotopic (exact) mass is 236 g/mol. The number of nitrogens with zero attached hydrogens (tertiary/aromatic N) is 1. The van der Waals surface area contributed by atoms with Crippen LogP contribution >= 0.6 is 11.6 Å². The maximum absolute atomic E-state index is 11.6. The van der Waals surface area contributed by atoms with Crippen LogP contribution in [0.3, 0.4) is 0 Å². The number of rotatable bonds is 5. The highest BCUT2D eigenvalue weighted by molar-refractivity contribution is 6.17. The smallest absolute Gasteiger partial charge is 0.251 e. The Morgan fingerprint density at radius 3 is 2.94 bits per heavy atom. The van der Waals surface area contributed by atoms with Crippen molar-refractivity contribution < 1.29 is 4.79 Å². The molecule has 1 rings (SSSR count). The van der Waals surface area contributed by atoms with Crippen LogP contribution in [0, 0.1) is 11.3 Å². The van der Waals surface area contributed by atoms with Crippen LogP contribution in [0.2, 0.25) is 0 Å². The van der Waals surface area contributed by atoms with Gasteiger partial charge in [-0.05, 0) is 31.0 Å². The van der Waals surface area contributed by atoms with E-state index >= 15 is 0 Å². The highest BCUT2D eigenvalue weighted by Crippen LogP contribution is 2.03. The number of hydrogen-bond acceptors (Lipinski definition) is 2. The van der Waals surface area contributed by atoms with Crippen LogP contribution in [0.4, 0.5) is 0 Å². The SMILES string of the molecule is N#Cc1cccc(C(=O)NCCCCCl)c1. The van der Waals surface area contributed by atoms with Gasteiger partial charge in [0.15, 0.2) is 0 Å².